The lowest BCUT2D eigenvalue weighted by Gasteiger charge is -2.18. The van der Waals surface area contributed by atoms with Crippen LogP contribution in [0.3, 0.4) is 0 Å². The van der Waals surface area contributed by atoms with E-state index in [0.29, 0.717) is 23.9 Å². The standard InChI is InChI=1S/C21H25N3O3/c1-27-20-12-10-17(14-22-20)23-21(26)18(11-9-15-7-8-15)24-19(25)13-16-5-3-2-4-6-16/h2-6,10,12,14-15,18H,7-9,11,13H2,1H3,(H,23,26)(H,24,25). The summed E-state index contributed by atoms with van der Waals surface area (Å²) in [6.07, 6.45) is 5.83. The van der Waals surface area contributed by atoms with Crippen LogP contribution in [-0.2, 0) is 16.0 Å². The van der Waals surface area contributed by atoms with Crippen molar-refractivity contribution in [3.8, 4) is 5.88 Å². The third kappa shape index (κ3) is 6.09. The SMILES string of the molecule is COc1ccc(NC(=O)C(CCC2CC2)NC(=O)Cc2ccccc2)cn1. The number of nitrogens with zero attached hydrogens (tertiary/aromatic N) is 1. The first-order valence-corrected chi connectivity index (χ1v) is 9.28. The molecule has 1 heterocycles. The second-order valence-corrected chi connectivity index (χ2v) is 6.88. The summed E-state index contributed by atoms with van der Waals surface area (Å²) in [5.74, 6) is 0.803. The molecular weight excluding hydrogens is 342 g/mol. The van der Waals surface area contributed by atoms with Crippen LogP contribution >= 0.6 is 0 Å². The van der Waals surface area contributed by atoms with Crippen LogP contribution in [0.25, 0.3) is 0 Å². The van der Waals surface area contributed by atoms with Crippen molar-refractivity contribution in [2.45, 2.75) is 38.1 Å². The number of amides is 2. The summed E-state index contributed by atoms with van der Waals surface area (Å²) in [7, 11) is 1.54. The van der Waals surface area contributed by atoms with Crippen LogP contribution in [0.2, 0.25) is 0 Å². The summed E-state index contributed by atoms with van der Waals surface area (Å²) in [5.41, 5.74) is 1.50. The number of hydrogen-bond donors (Lipinski definition) is 2. The maximum Gasteiger partial charge on any atom is 0.246 e. The molecule has 1 aliphatic carbocycles. The molecule has 0 bridgehead atoms. The number of hydrogen-bond acceptors (Lipinski definition) is 4. The number of aromatic nitrogens is 1. The number of pyridine rings is 1. The maximum atomic E-state index is 12.7. The normalized spacial score (nSPS) is 14.3. The van der Waals surface area contributed by atoms with E-state index in [1.807, 2.05) is 30.3 Å². The summed E-state index contributed by atoms with van der Waals surface area (Å²) in [4.78, 5) is 29.2. The van der Waals surface area contributed by atoms with Gasteiger partial charge in [-0.3, -0.25) is 9.59 Å². The zero-order valence-corrected chi connectivity index (χ0v) is 15.5. The lowest BCUT2D eigenvalue weighted by Crippen LogP contribution is -2.44. The smallest absolute Gasteiger partial charge is 0.246 e. The summed E-state index contributed by atoms with van der Waals surface area (Å²) >= 11 is 0. The molecule has 1 atom stereocenters. The van der Waals surface area contributed by atoms with E-state index in [0.717, 1.165) is 12.0 Å². The summed E-state index contributed by atoms with van der Waals surface area (Å²) in [6.45, 7) is 0. The van der Waals surface area contributed by atoms with E-state index < -0.39 is 6.04 Å². The average molecular weight is 367 g/mol. The van der Waals surface area contributed by atoms with Gasteiger partial charge in [0.1, 0.15) is 6.04 Å². The van der Waals surface area contributed by atoms with Gasteiger partial charge < -0.3 is 15.4 Å². The van der Waals surface area contributed by atoms with Gasteiger partial charge in [-0.15, -0.1) is 0 Å². The molecule has 1 saturated carbocycles. The number of rotatable bonds is 9. The molecule has 0 saturated heterocycles. The quantitative estimate of drug-likeness (QED) is 0.714. The first-order valence-electron chi connectivity index (χ1n) is 9.28. The van der Waals surface area contributed by atoms with Crippen molar-refractivity contribution in [3.63, 3.8) is 0 Å². The molecule has 1 aromatic carbocycles. The van der Waals surface area contributed by atoms with E-state index in [1.54, 1.807) is 18.3 Å². The zero-order valence-electron chi connectivity index (χ0n) is 15.5. The Bertz CT molecular complexity index is 758. The Balaban J connectivity index is 1.60. The lowest BCUT2D eigenvalue weighted by molar-refractivity contribution is -0.126. The van der Waals surface area contributed by atoms with Gasteiger partial charge in [0.15, 0.2) is 0 Å². The highest BCUT2D eigenvalue weighted by molar-refractivity contribution is 5.97. The average Bonchev–Trinajstić information content (AvgIpc) is 3.51. The van der Waals surface area contributed by atoms with E-state index >= 15 is 0 Å². The zero-order chi connectivity index (χ0) is 19.1. The Labute approximate surface area is 159 Å². The van der Waals surface area contributed by atoms with Crippen molar-refractivity contribution in [1.29, 1.82) is 0 Å². The van der Waals surface area contributed by atoms with Crippen LogP contribution < -0.4 is 15.4 Å². The van der Waals surface area contributed by atoms with Gasteiger partial charge in [-0.1, -0.05) is 43.2 Å². The molecule has 142 valence electrons. The predicted molar refractivity (Wildman–Crippen MR) is 103 cm³/mol. The van der Waals surface area contributed by atoms with E-state index in [4.69, 9.17) is 4.74 Å². The minimum absolute atomic E-state index is 0.148. The van der Waals surface area contributed by atoms with E-state index in [9.17, 15) is 9.59 Å². The van der Waals surface area contributed by atoms with Crippen LogP contribution in [0.5, 0.6) is 5.88 Å². The Morgan fingerprint density at radius 1 is 1.19 bits per heavy atom. The van der Waals surface area contributed by atoms with Crippen molar-refractivity contribution < 1.29 is 14.3 Å². The lowest BCUT2D eigenvalue weighted by atomic mass is 10.1. The predicted octanol–water partition coefficient (Wildman–Crippen LogP) is 2.95. The van der Waals surface area contributed by atoms with Gasteiger partial charge >= 0.3 is 0 Å². The van der Waals surface area contributed by atoms with E-state index in [-0.39, 0.29) is 18.2 Å². The second-order valence-electron chi connectivity index (χ2n) is 6.88. The highest BCUT2D eigenvalue weighted by Crippen LogP contribution is 2.34. The molecule has 6 heteroatoms. The minimum Gasteiger partial charge on any atom is -0.481 e. The molecule has 0 radical (unpaired) electrons. The fraction of sp³-hybridized carbons (Fsp3) is 0.381. The monoisotopic (exact) mass is 367 g/mol. The third-order valence-corrected chi connectivity index (χ3v) is 4.63. The van der Waals surface area contributed by atoms with Crippen LogP contribution in [0.15, 0.2) is 48.7 Å². The summed E-state index contributed by atoms with van der Waals surface area (Å²) in [5, 5.41) is 5.73. The van der Waals surface area contributed by atoms with Crippen LogP contribution in [0, 0.1) is 5.92 Å². The molecule has 27 heavy (non-hydrogen) atoms. The van der Waals surface area contributed by atoms with Gasteiger partial charge in [0.2, 0.25) is 17.7 Å². The fourth-order valence-electron chi connectivity index (χ4n) is 2.91. The molecule has 1 aromatic heterocycles. The van der Waals surface area contributed by atoms with Gasteiger partial charge in [0.05, 0.1) is 25.4 Å². The molecule has 0 aliphatic heterocycles. The molecule has 0 spiro atoms. The van der Waals surface area contributed by atoms with E-state index in [2.05, 4.69) is 15.6 Å². The van der Waals surface area contributed by atoms with Crippen molar-refractivity contribution in [2.24, 2.45) is 5.92 Å². The van der Waals surface area contributed by atoms with Gasteiger partial charge in [-0.2, -0.15) is 0 Å². The first kappa shape index (κ1) is 18.9. The number of carbonyl (C=O) groups is 2. The number of ether oxygens (including phenoxy) is 1. The van der Waals surface area contributed by atoms with Crippen molar-refractivity contribution >= 4 is 17.5 Å². The van der Waals surface area contributed by atoms with Gasteiger partial charge in [0.25, 0.3) is 0 Å². The molecule has 3 rings (SSSR count). The number of benzene rings is 1. The maximum absolute atomic E-state index is 12.7. The first-order chi connectivity index (χ1) is 13.1. The highest BCUT2D eigenvalue weighted by Gasteiger charge is 2.26. The number of anilines is 1. The molecular formula is C21H25N3O3. The Morgan fingerprint density at radius 2 is 1.96 bits per heavy atom. The van der Waals surface area contributed by atoms with Crippen LogP contribution in [0.4, 0.5) is 5.69 Å². The van der Waals surface area contributed by atoms with Crippen molar-refractivity contribution in [3.05, 3.63) is 54.2 Å². The third-order valence-electron chi connectivity index (χ3n) is 4.63. The van der Waals surface area contributed by atoms with Crippen LogP contribution in [0.1, 0.15) is 31.2 Å². The molecule has 6 nitrogen and oxygen atoms in total. The summed E-state index contributed by atoms with van der Waals surface area (Å²) < 4.78 is 5.02. The number of nitrogens with one attached hydrogen (secondary N) is 2. The summed E-state index contributed by atoms with van der Waals surface area (Å²) in [6, 6.07) is 12.4. The second kappa shape index (κ2) is 9.16. The number of methoxy groups -OCH3 is 1. The molecule has 1 aliphatic rings. The Hall–Kier alpha value is -2.89. The number of carbonyl (C=O) groups excluding carboxylic acids is 2. The van der Waals surface area contributed by atoms with Gasteiger partial charge in [0, 0.05) is 6.07 Å². The fourth-order valence-corrected chi connectivity index (χ4v) is 2.91. The molecule has 2 N–H and O–H groups in total. The molecule has 1 unspecified atom stereocenters. The topological polar surface area (TPSA) is 80.3 Å². The molecule has 2 amide bonds. The van der Waals surface area contributed by atoms with Crippen LogP contribution in [-0.4, -0.2) is 29.9 Å². The Morgan fingerprint density at radius 3 is 2.59 bits per heavy atom. The molecule has 1 fully saturated rings. The van der Waals surface area contributed by atoms with Gasteiger partial charge in [-0.05, 0) is 30.4 Å². The highest BCUT2D eigenvalue weighted by atomic mass is 16.5. The Kier molecular flexibility index (Phi) is 6.41. The van der Waals surface area contributed by atoms with Crippen molar-refractivity contribution in [1.82, 2.24) is 10.3 Å². The van der Waals surface area contributed by atoms with Gasteiger partial charge in [-0.25, -0.2) is 4.98 Å². The minimum atomic E-state index is -0.552. The largest absolute Gasteiger partial charge is 0.481 e. The molecule has 2 aromatic rings. The van der Waals surface area contributed by atoms with E-state index in [1.165, 1.54) is 20.0 Å². The van der Waals surface area contributed by atoms with Crippen molar-refractivity contribution in [2.75, 3.05) is 12.4 Å².